The summed E-state index contributed by atoms with van der Waals surface area (Å²) in [4.78, 5) is 6.78. The number of aromatic nitrogens is 1. The minimum absolute atomic E-state index is 0.436. The van der Waals surface area contributed by atoms with E-state index in [9.17, 15) is 0 Å². The molecule has 2 rings (SSSR count). The second-order valence-electron chi connectivity index (χ2n) is 5.03. The van der Waals surface area contributed by atoms with E-state index in [1.165, 1.54) is 12.8 Å². The van der Waals surface area contributed by atoms with Gasteiger partial charge in [0.2, 0.25) is 0 Å². The lowest BCUT2D eigenvalue weighted by Gasteiger charge is -2.20. The Hall–Kier alpha value is -0.970. The van der Waals surface area contributed by atoms with Gasteiger partial charge in [0.25, 0.3) is 0 Å². The molecule has 0 bridgehead atoms. The first-order valence-electron chi connectivity index (χ1n) is 7.33. The lowest BCUT2D eigenvalue weighted by molar-refractivity contribution is 0.109. The number of nitrogens with one attached hydrogen (secondary N) is 1. The summed E-state index contributed by atoms with van der Waals surface area (Å²) in [5.74, 6) is 0. The van der Waals surface area contributed by atoms with Crippen LogP contribution in [0, 0.1) is 0 Å². The Morgan fingerprint density at radius 2 is 2.42 bits per heavy atom. The molecule has 0 aliphatic carbocycles. The third kappa shape index (κ3) is 5.27. The quantitative estimate of drug-likeness (QED) is 0.724. The van der Waals surface area contributed by atoms with Crippen LogP contribution in [0.25, 0.3) is 0 Å². The van der Waals surface area contributed by atoms with Gasteiger partial charge in [-0.1, -0.05) is 13.0 Å². The van der Waals surface area contributed by atoms with Crippen LogP contribution in [0.2, 0.25) is 0 Å². The highest BCUT2D eigenvalue weighted by molar-refractivity contribution is 5.03. The highest BCUT2D eigenvalue weighted by atomic mass is 16.5. The normalized spacial score (nSPS) is 19.2. The molecule has 4 heteroatoms. The summed E-state index contributed by atoms with van der Waals surface area (Å²) >= 11 is 0. The Balaban J connectivity index is 1.62. The van der Waals surface area contributed by atoms with Crippen molar-refractivity contribution in [1.82, 2.24) is 15.2 Å². The average Bonchev–Trinajstić information content (AvgIpc) is 2.96. The number of rotatable bonds is 8. The van der Waals surface area contributed by atoms with Gasteiger partial charge in [0.15, 0.2) is 0 Å². The van der Waals surface area contributed by atoms with Crippen molar-refractivity contribution in [3.63, 3.8) is 0 Å². The number of nitrogens with zero attached hydrogens (tertiary/aromatic N) is 2. The van der Waals surface area contributed by atoms with Gasteiger partial charge in [0.1, 0.15) is 0 Å². The van der Waals surface area contributed by atoms with Gasteiger partial charge in [-0.05, 0) is 31.5 Å². The van der Waals surface area contributed by atoms with Crippen molar-refractivity contribution >= 4 is 0 Å². The summed E-state index contributed by atoms with van der Waals surface area (Å²) in [5, 5.41) is 3.49. The Morgan fingerprint density at radius 1 is 1.47 bits per heavy atom. The zero-order chi connectivity index (χ0) is 13.3. The van der Waals surface area contributed by atoms with Gasteiger partial charge in [-0.3, -0.25) is 9.88 Å². The van der Waals surface area contributed by atoms with Crippen LogP contribution in [0.3, 0.4) is 0 Å². The first-order chi connectivity index (χ1) is 9.38. The van der Waals surface area contributed by atoms with Crippen molar-refractivity contribution in [2.45, 2.75) is 32.4 Å². The first-order valence-corrected chi connectivity index (χ1v) is 7.33. The molecule has 1 saturated heterocycles. The van der Waals surface area contributed by atoms with E-state index in [0.717, 1.165) is 45.0 Å². The van der Waals surface area contributed by atoms with Crippen LogP contribution in [0.15, 0.2) is 24.4 Å². The average molecular weight is 263 g/mol. The number of pyridine rings is 1. The second kappa shape index (κ2) is 8.25. The van der Waals surface area contributed by atoms with E-state index in [2.05, 4.69) is 28.2 Å². The predicted molar refractivity (Wildman–Crippen MR) is 77.0 cm³/mol. The highest BCUT2D eigenvalue weighted by Gasteiger charge is 2.14. The number of hydrogen-bond donors (Lipinski definition) is 1. The van der Waals surface area contributed by atoms with Gasteiger partial charge < -0.3 is 10.1 Å². The van der Waals surface area contributed by atoms with Crippen LogP contribution in [-0.2, 0) is 11.3 Å². The van der Waals surface area contributed by atoms with Gasteiger partial charge in [0.05, 0.1) is 11.8 Å². The third-order valence-electron chi connectivity index (χ3n) is 3.56. The Morgan fingerprint density at radius 3 is 3.11 bits per heavy atom. The molecule has 1 unspecified atom stereocenters. The van der Waals surface area contributed by atoms with Gasteiger partial charge in [0, 0.05) is 39.0 Å². The lowest BCUT2D eigenvalue weighted by atomic mass is 10.2. The Labute approximate surface area is 116 Å². The zero-order valence-electron chi connectivity index (χ0n) is 11.8. The van der Waals surface area contributed by atoms with Crippen molar-refractivity contribution < 1.29 is 4.74 Å². The Kier molecular flexibility index (Phi) is 6.27. The maximum absolute atomic E-state index is 5.60. The summed E-state index contributed by atoms with van der Waals surface area (Å²) in [6, 6.07) is 6.09. The molecule has 2 heterocycles. The van der Waals surface area contributed by atoms with Crippen LogP contribution in [-0.4, -0.2) is 48.8 Å². The largest absolute Gasteiger partial charge is 0.377 e. The van der Waals surface area contributed by atoms with E-state index in [4.69, 9.17) is 4.74 Å². The van der Waals surface area contributed by atoms with E-state index in [1.54, 1.807) is 0 Å². The molecule has 106 valence electrons. The molecule has 1 aliphatic rings. The van der Waals surface area contributed by atoms with E-state index < -0.39 is 0 Å². The van der Waals surface area contributed by atoms with E-state index in [0.29, 0.717) is 6.10 Å². The molecule has 0 amide bonds. The molecule has 1 aromatic heterocycles. The molecule has 1 N–H and O–H groups in total. The fraction of sp³-hybridized carbons (Fsp3) is 0.667. The van der Waals surface area contributed by atoms with Crippen molar-refractivity contribution in [2.75, 3.05) is 32.8 Å². The van der Waals surface area contributed by atoms with Crippen LogP contribution in [0.1, 0.15) is 25.5 Å². The summed E-state index contributed by atoms with van der Waals surface area (Å²) in [7, 11) is 0. The number of ether oxygens (including phenoxy) is 1. The third-order valence-corrected chi connectivity index (χ3v) is 3.56. The summed E-state index contributed by atoms with van der Waals surface area (Å²) in [6.07, 6.45) is 4.72. The minimum Gasteiger partial charge on any atom is -0.377 e. The lowest BCUT2D eigenvalue weighted by Crippen LogP contribution is -2.35. The van der Waals surface area contributed by atoms with E-state index in [-0.39, 0.29) is 0 Å². The summed E-state index contributed by atoms with van der Waals surface area (Å²) in [5.41, 5.74) is 1.14. The highest BCUT2D eigenvalue weighted by Crippen LogP contribution is 2.10. The molecule has 0 aromatic carbocycles. The molecular formula is C15H25N3O. The van der Waals surface area contributed by atoms with Crippen LogP contribution < -0.4 is 5.32 Å². The van der Waals surface area contributed by atoms with Crippen molar-refractivity contribution in [2.24, 2.45) is 0 Å². The molecule has 4 nitrogen and oxygen atoms in total. The van der Waals surface area contributed by atoms with Crippen molar-refractivity contribution in [3.8, 4) is 0 Å². The standard InChI is InChI=1S/C15H25N3O/c1-2-18(13-14-6-3-4-8-17-14)10-9-16-12-15-7-5-11-19-15/h3-4,6,8,15-16H,2,5,7,9-13H2,1H3. The molecule has 0 radical (unpaired) electrons. The topological polar surface area (TPSA) is 37.4 Å². The molecule has 1 fully saturated rings. The predicted octanol–water partition coefficient (Wildman–Crippen LogP) is 1.67. The SMILES string of the molecule is CCN(CCNCC1CCCO1)Cc1ccccn1. The maximum Gasteiger partial charge on any atom is 0.0700 e. The fourth-order valence-electron chi connectivity index (χ4n) is 2.38. The van der Waals surface area contributed by atoms with E-state index >= 15 is 0 Å². The molecule has 0 saturated carbocycles. The molecule has 1 atom stereocenters. The number of likely N-dealkylation sites (N-methyl/N-ethyl adjacent to an activating group) is 1. The zero-order valence-corrected chi connectivity index (χ0v) is 11.8. The minimum atomic E-state index is 0.436. The monoisotopic (exact) mass is 263 g/mol. The molecule has 0 spiro atoms. The van der Waals surface area contributed by atoms with Crippen LogP contribution in [0.5, 0.6) is 0 Å². The summed E-state index contributed by atoms with van der Waals surface area (Å²) < 4.78 is 5.60. The maximum atomic E-state index is 5.60. The van der Waals surface area contributed by atoms with Gasteiger partial charge in [-0.25, -0.2) is 0 Å². The number of hydrogen-bond acceptors (Lipinski definition) is 4. The van der Waals surface area contributed by atoms with Gasteiger partial charge in [-0.2, -0.15) is 0 Å². The van der Waals surface area contributed by atoms with Gasteiger partial charge in [-0.15, -0.1) is 0 Å². The Bertz CT molecular complexity index is 339. The fourth-order valence-corrected chi connectivity index (χ4v) is 2.38. The first kappa shape index (κ1) is 14.4. The second-order valence-corrected chi connectivity index (χ2v) is 5.03. The van der Waals surface area contributed by atoms with Crippen LogP contribution >= 0.6 is 0 Å². The molecule has 1 aromatic rings. The smallest absolute Gasteiger partial charge is 0.0700 e. The molecular weight excluding hydrogens is 238 g/mol. The molecule has 1 aliphatic heterocycles. The van der Waals surface area contributed by atoms with Crippen molar-refractivity contribution in [1.29, 1.82) is 0 Å². The van der Waals surface area contributed by atoms with E-state index in [1.807, 2.05) is 18.3 Å². The van der Waals surface area contributed by atoms with Crippen molar-refractivity contribution in [3.05, 3.63) is 30.1 Å². The van der Waals surface area contributed by atoms with Crippen LogP contribution in [0.4, 0.5) is 0 Å². The van der Waals surface area contributed by atoms with Gasteiger partial charge >= 0.3 is 0 Å². The molecule has 19 heavy (non-hydrogen) atoms. The summed E-state index contributed by atoms with van der Waals surface area (Å²) in [6.45, 7) is 8.18.